The number of aryl methyl sites for hydroxylation is 1. The number of rotatable bonds is 6. The van der Waals surface area contributed by atoms with Crippen molar-refractivity contribution in [2.45, 2.75) is 35.0 Å². The third-order valence-corrected chi connectivity index (χ3v) is 5.45. The third-order valence-electron chi connectivity index (χ3n) is 4.47. The van der Waals surface area contributed by atoms with Gasteiger partial charge in [-0.15, -0.1) is 0 Å². The Morgan fingerprint density at radius 1 is 1.24 bits per heavy atom. The molecule has 2 N–H and O–H groups in total. The van der Waals surface area contributed by atoms with Crippen LogP contribution >= 0.6 is 11.8 Å². The van der Waals surface area contributed by atoms with Crippen LogP contribution in [0.4, 0.5) is 4.39 Å². The highest BCUT2D eigenvalue weighted by atomic mass is 32.2. The molecule has 5 heteroatoms. The average Bonchev–Trinajstić information content (AvgIpc) is 2.60. The zero-order valence-electron chi connectivity index (χ0n) is 14.3. The second-order valence-electron chi connectivity index (χ2n) is 6.34. The minimum absolute atomic E-state index is 0.0351. The summed E-state index contributed by atoms with van der Waals surface area (Å²) in [6.07, 6.45) is 3.30. The zero-order chi connectivity index (χ0) is 17.6. The van der Waals surface area contributed by atoms with Gasteiger partial charge < -0.3 is 10.6 Å². The van der Waals surface area contributed by atoms with Crippen LogP contribution in [0.1, 0.15) is 29.9 Å². The van der Waals surface area contributed by atoms with Gasteiger partial charge in [-0.2, -0.15) is 0 Å². The van der Waals surface area contributed by atoms with E-state index in [9.17, 15) is 9.18 Å². The molecule has 0 radical (unpaired) electrons. The van der Waals surface area contributed by atoms with Gasteiger partial charge in [0.25, 0.3) is 0 Å². The van der Waals surface area contributed by atoms with Crippen LogP contribution in [0, 0.1) is 5.82 Å². The molecule has 0 aromatic heterocycles. The Morgan fingerprint density at radius 2 is 2.08 bits per heavy atom. The predicted octanol–water partition coefficient (Wildman–Crippen LogP) is 3.73. The number of likely N-dealkylation sites (N-methyl/N-ethyl adjacent to an activating group) is 1. The number of amides is 1. The summed E-state index contributed by atoms with van der Waals surface area (Å²) in [5.41, 5.74) is 2.68. The van der Waals surface area contributed by atoms with Gasteiger partial charge in [0.1, 0.15) is 5.82 Å². The van der Waals surface area contributed by atoms with Crippen molar-refractivity contribution in [3.05, 3.63) is 59.4 Å². The van der Waals surface area contributed by atoms with Gasteiger partial charge in [0.05, 0.1) is 6.54 Å². The van der Waals surface area contributed by atoms with E-state index < -0.39 is 0 Å². The van der Waals surface area contributed by atoms with E-state index >= 15 is 0 Å². The van der Waals surface area contributed by atoms with Crippen LogP contribution in [0.25, 0.3) is 0 Å². The first-order valence-corrected chi connectivity index (χ1v) is 9.45. The fourth-order valence-electron chi connectivity index (χ4n) is 3.29. The predicted molar refractivity (Wildman–Crippen MR) is 99.6 cm³/mol. The quantitative estimate of drug-likeness (QED) is 0.827. The lowest BCUT2D eigenvalue weighted by Crippen LogP contribution is -2.35. The summed E-state index contributed by atoms with van der Waals surface area (Å²) in [5, 5.41) is 5.87. The molecule has 132 valence electrons. The Hall–Kier alpha value is -1.85. The van der Waals surface area contributed by atoms with Gasteiger partial charge in [-0.05, 0) is 67.8 Å². The molecule has 0 spiro atoms. The van der Waals surface area contributed by atoms with Crippen LogP contribution in [0.15, 0.2) is 52.3 Å². The van der Waals surface area contributed by atoms with E-state index in [-0.39, 0.29) is 11.7 Å². The Kier molecular flexibility index (Phi) is 6.10. The topological polar surface area (TPSA) is 41.1 Å². The van der Waals surface area contributed by atoms with Crippen LogP contribution in [0.3, 0.4) is 0 Å². The summed E-state index contributed by atoms with van der Waals surface area (Å²) in [6.45, 7) is 1.03. The average molecular weight is 358 g/mol. The summed E-state index contributed by atoms with van der Waals surface area (Å²) < 4.78 is 13.3. The van der Waals surface area contributed by atoms with Gasteiger partial charge in [0, 0.05) is 22.3 Å². The van der Waals surface area contributed by atoms with E-state index in [2.05, 4.69) is 28.8 Å². The van der Waals surface area contributed by atoms with Gasteiger partial charge in [-0.1, -0.05) is 23.9 Å². The number of hydrogen-bond acceptors (Lipinski definition) is 3. The van der Waals surface area contributed by atoms with E-state index in [0.717, 1.165) is 29.1 Å². The fraction of sp³-hybridized carbons (Fsp3) is 0.350. The largest absolute Gasteiger partial charge is 0.354 e. The van der Waals surface area contributed by atoms with Crippen molar-refractivity contribution in [3.63, 3.8) is 0 Å². The lowest BCUT2D eigenvalue weighted by atomic mass is 9.83. The van der Waals surface area contributed by atoms with E-state index in [1.165, 1.54) is 17.2 Å². The highest BCUT2D eigenvalue weighted by Gasteiger charge is 2.21. The second kappa shape index (κ2) is 8.50. The molecule has 0 bridgehead atoms. The van der Waals surface area contributed by atoms with Gasteiger partial charge in [0.15, 0.2) is 0 Å². The molecule has 0 unspecified atom stereocenters. The smallest absolute Gasteiger partial charge is 0.233 e. The number of hydrogen-bond donors (Lipinski definition) is 2. The number of nitrogens with one attached hydrogen (secondary N) is 2. The third kappa shape index (κ3) is 4.83. The minimum atomic E-state index is -0.208. The summed E-state index contributed by atoms with van der Waals surface area (Å²) in [4.78, 5) is 13.7. The van der Waals surface area contributed by atoms with Gasteiger partial charge >= 0.3 is 0 Å². The van der Waals surface area contributed by atoms with Crippen LogP contribution in [0.2, 0.25) is 0 Å². The van der Waals surface area contributed by atoms with Crippen LogP contribution in [0.5, 0.6) is 0 Å². The molecule has 0 fully saturated rings. The summed E-state index contributed by atoms with van der Waals surface area (Å²) in [5.74, 6) is 0.200. The van der Waals surface area contributed by atoms with E-state index in [0.29, 0.717) is 19.0 Å². The SMILES string of the molecule is CNCC(=O)NC[C@@H]1CCCc2cc(Sc3cccc(F)c3)ccc21. The number of benzene rings is 2. The number of carbonyl (C=O) groups is 1. The monoisotopic (exact) mass is 358 g/mol. The van der Waals surface area contributed by atoms with Gasteiger partial charge in [0.2, 0.25) is 5.91 Å². The molecular formula is C20H23FN2OS. The van der Waals surface area contributed by atoms with Crippen molar-refractivity contribution in [1.82, 2.24) is 10.6 Å². The Bertz CT molecular complexity index is 750. The maximum absolute atomic E-state index is 13.3. The second-order valence-corrected chi connectivity index (χ2v) is 7.49. The molecule has 1 atom stereocenters. The molecule has 0 saturated carbocycles. The molecule has 3 rings (SSSR count). The van der Waals surface area contributed by atoms with Crippen LogP contribution in [-0.4, -0.2) is 26.0 Å². The maximum atomic E-state index is 13.3. The molecule has 2 aromatic rings. The fourth-order valence-corrected chi connectivity index (χ4v) is 4.22. The van der Waals surface area contributed by atoms with E-state index in [4.69, 9.17) is 0 Å². The summed E-state index contributed by atoms with van der Waals surface area (Å²) in [6, 6.07) is 13.2. The Balaban J connectivity index is 1.70. The molecule has 0 saturated heterocycles. The molecular weight excluding hydrogens is 335 g/mol. The van der Waals surface area contributed by atoms with E-state index in [1.807, 2.05) is 6.07 Å². The van der Waals surface area contributed by atoms with Gasteiger partial charge in [-0.3, -0.25) is 4.79 Å². The van der Waals surface area contributed by atoms with Crippen LogP contribution < -0.4 is 10.6 Å². The normalized spacial score (nSPS) is 16.3. The van der Waals surface area contributed by atoms with Crippen molar-refractivity contribution in [1.29, 1.82) is 0 Å². The molecule has 1 aliphatic carbocycles. The van der Waals surface area contributed by atoms with Crippen molar-refractivity contribution in [2.75, 3.05) is 20.1 Å². The molecule has 2 aromatic carbocycles. The summed E-state index contributed by atoms with van der Waals surface area (Å²) >= 11 is 1.58. The molecule has 25 heavy (non-hydrogen) atoms. The highest BCUT2D eigenvalue weighted by molar-refractivity contribution is 7.99. The highest BCUT2D eigenvalue weighted by Crippen LogP contribution is 2.36. The molecule has 1 amide bonds. The van der Waals surface area contributed by atoms with E-state index in [1.54, 1.807) is 30.9 Å². The molecule has 0 heterocycles. The molecule has 3 nitrogen and oxygen atoms in total. The van der Waals surface area contributed by atoms with Crippen LogP contribution in [-0.2, 0) is 11.2 Å². The minimum Gasteiger partial charge on any atom is -0.354 e. The lowest BCUT2D eigenvalue weighted by molar-refractivity contribution is -0.120. The first-order chi connectivity index (χ1) is 12.2. The van der Waals surface area contributed by atoms with Crippen molar-refractivity contribution in [2.24, 2.45) is 0 Å². The Labute approximate surface area is 152 Å². The molecule has 0 aliphatic heterocycles. The van der Waals surface area contributed by atoms with Crippen molar-refractivity contribution >= 4 is 17.7 Å². The molecule has 1 aliphatic rings. The van der Waals surface area contributed by atoms with Crippen molar-refractivity contribution in [3.8, 4) is 0 Å². The van der Waals surface area contributed by atoms with Crippen molar-refractivity contribution < 1.29 is 9.18 Å². The zero-order valence-corrected chi connectivity index (χ0v) is 15.2. The summed E-state index contributed by atoms with van der Waals surface area (Å²) in [7, 11) is 1.77. The standard InChI is InChI=1S/C20H23FN2OS/c1-22-13-20(24)23-12-15-5-2-4-14-10-18(8-9-19(14)15)25-17-7-3-6-16(21)11-17/h3,6-11,15,22H,2,4-5,12-13H2,1H3,(H,23,24)/t15-/m0/s1. The first kappa shape index (κ1) is 18.0. The Morgan fingerprint density at radius 3 is 2.88 bits per heavy atom. The number of fused-ring (bicyclic) bond motifs is 1. The lowest BCUT2D eigenvalue weighted by Gasteiger charge is -2.26. The number of halogens is 1. The first-order valence-electron chi connectivity index (χ1n) is 8.63. The maximum Gasteiger partial charge on any atom is 0.233 e. The number of carbonyl (C=O) groups excluding carboxylic acids is 1. The van der Waals surface area contributed by atoms with Gasteiger partial charge in [-0.25, -0.2) is 4.39 Å².